The van der Waals surface area contributed by atoms with Crippen LogP contribution in [0.2, 0.25) is 5.02 Å². The van der Waals surface area contributed by atoms with Crippen LogP contribution in [0.25, 0.3) is 11.1 Å². The molecule has 0 N–H and O–H groups in total. The Kier molecular flexibility index (Phi) is 8.45. The van der Waals surface area contributed by atoms with Gasteiger partial charge in [-0.05, 0) is 62.2 Å². The Morgan fingerprint density at radius 2 is 1.89 bits per heavy atom. The van der Waals surface area contributed by atoms with Gasteiger partial charge in [-0.25, -0.2) is 4.98 Å². The molecule has 180 valence electrons. The number of benzene rings is 2. The number of ether oxygens (including phenoxy) is 2. The highest BCUT2D eigenvalue weighted by atomic mass is 35.5. The zero-order chi connectivity index (χ0) is 25.5. The van der Waals surface area contributed by atoms with E-state index in [1.807, 2.05) is 32.0 Å². The molecule has 0 aliphatic carbocycles. The molecule has 0 unspecified atom stereocenters. The number of hydrogen-bond donors (Lipinski definition) is 0. The number of amides is 1. The summed E-state index contributed by atoms with van der Waals surface area (Å²) < 4.78 is 10.8. The predicted molar refractivity (Wildman–Crippen MR) is 135 cm³/mol. The molecule has 35 heavy (non-hydrogen) atoms. The number of halogens is 1. The van der Waals surface area contributed by atoms with Gasteiger partial charge in [-0.15, -0.1) is 0 Å². The lowest BCUT2D eigenvalue weighted by Gasteiger charge is -2.22. The molecular weight excluding hydrogens is 466 g/mol. The van der Waals surface area contributed by atoms with Crippen molar-refractivity contribution < 1.29 is 19.1 Å². The van der Waals surface area contributed by atoms with Crippen LogP contribution in [-0.4, -0.2) is 37.1 Å². The highest BCUT2D eigenvalue weighted by Gasteiger charge is 2.20. The number of para-hydroxylation sites is 1. The molecule has 0 atom stereocenters. The first-order valence-corrected chi connectivity index (χ1v) is 11.5. The van der Waals surface area contributed by atoms with Crippen molar-refractivity contribution in [3.8, 4) is 22.9 Å². The topological polar surface area (TPSA) is 92.5 Å². The minimum absolute atomic E-state index is 0.109. The Balaban J connectivity index is 1.89. The lowest BCUT2D eigenvalue weighted by molar-refractivity contribution is -0.143. The van der Waals surface area contributed by atoms with Gasteiger partial charge in [0.25, 0.3) is 5.91 Å². The number of nitrogens with zero attached hydrogens (tertiary/aromatic N) is 3. The summed E-state index contributed by atoms with van der Waals surface area (Å²) in [5.74, 6) is -0.0784. The molecule has 0 spiro atoms. The van der Waals surface area contributed by atoms with Crippen molar-refractivity contribution in [3.05, 3.63) is 76.1 Å². The van der Waals surface area contributed by atoms with Crippen LogP contribution in [-0.2, 0) is 9.53 Å². The number of anilines is 1. The highest BCUT2D eigenvalue weighted by Crippen LogP contribution is 2.34. The second-order valence-corrected chi connectivity index (χ2v) is 8.29. The van der Waals surface area contributed by atoms with E-state index in [0.29, 0.717) is 39.9 Å². The van der Waals surface area contributed by atoms with Crippen molar-refractivity contribution in [2.24, 2.45) is 0 Å². The zero-order valence-electron chi connectivity index (χ0n) is 20.1. The van der Waals surface area contributed by atoms with E-state index in [2.05, 4.69) is 4.98 Å². The quantitative estimate of drug-likeness (QED) is 0.386. The molecule has 7 nitrogen and oxygen atoms in total. The molecule has 3 rings (SSSR count). The van der Waals surface area contributed by atoms with Crippen LogP contribution in [0.5, 0.6) is 5.75 Å². The lowest BCUT2D eigenvalue weighted by atomic mass is 9.99. The molecule has 1 aromatic heterocycles. The normalized spacial score (nSPS) is 10.4. The maximum absolute atomic E-state index is 13.5. The van der Waals surface area contributed by atoms with Gasteiger partial charge in [0.1, 0.15) is 17.5 Å². The number of pyridine rings is 1. The summed E-state index contributed by atoms with van der Waals surface area (Å²) in [6.07, 6.45) is 1.70. The van der Waals surface area contributed by atoms with E-state index in [9.17, 15) is 9.59 Å². The fourth-order valence-electron chi connectivity index (χ4n) is 3.63. The van der Waals surface area contributed by atoms with Crippen LogP contribution in [0.3, 0.4) is 0 Å². The minimum Gasteiger partial charge on any atom is -0.491 e. The average molecular weight is 492 g/mol. The number of hydrogen-bond acceptors (Lipinski definition) is 6. The van der Waals surface area contributed by atoms with Crippen LogP contribution in [0.15, 0.2) is 48.7 Å². The number of aromatic nitrogens is 1. The first kappa shape index (κ1) is 25.7. The first-order chi connectivity index (χ1) is 16.8. The van der Waals surface area contributed by atoms with Crippen molar-refractivity contribution in [1.82, 2.24) is 4.98 Å². The lowest BCUT2D eigenvalue weighted by Crippen LogP contribution is -2.27. The first-order valence-electron chi connectivity index (χ1n) is 11.1. The van der Waals surface area contributed by atoms with Crippen LogP contribution >= 0.6 is 11.6 Å². The fraction of sp³-hybridized carbons (Fsp3) is 0.259. The number of aryl methyl sites for hydroxylation is 2. The maximum atomic E-state index is 13.5. The second-order valence-electron chi connectivity index (χ2n) is 7.88. The largest absolute Gasteiger partial charge is 0.491 e. The molecule has 0 aliphatic heterocycles. The number of nitriles is 1. The Labute approximate surface area is 209 Å². The summed E-state index contributed by atoms with van der Waals surface area (Å²) >= 11 is 6.45. The van der Waals surface area contributed by atoms with Gasteiger partial charge in [0.2, 0.25) is 0 Å². The number of rotatable bonds is 8. The van der Waals surface area contributed by atoms with Crippen LogP contribution in [0.1, 0.15) is 40.5 Å². The average Bonchev–Trinajstić information content (AvgIpc) is 2.84. The van der Waals surface area contributed by atoms with E-state index < -0.39 is 0 Å². The standard InChI is InChI=1S/C27H26ClN3O4/c1-5-34-25(32)11-12-35-26-17(2)7-6-8-24(26)31(4)27(33)19-9-10-23(28)21(14-19)22-16-30-20(15-29)13-18(22)3/h6-10,13-14,16H,5,11-12H2,1-4H3. The summed E-state index contributed by atoms with van der Waals surface area (Å²) in [4.78, 5) is 30.8. The molecule has 2 aromatic carbocycles. The minimum atomic E-state index is -0.339. The molecule has 0 bridgehead atoms. The fourth-order valence-corrected chi connectivity index (χ4v) is 3.84. The molecule has 1 heterocycles. The summed E-state index contributed by atoms with van der Waals surface area (Å²) in [6.45, 7) is 5.94. The summed E-state index contributed by atoms with van der Waals surface area (Å²) in [5.41, 5.74) is 4.36. The van der Waals surface area contributed by atoms with Gasteiger partial charge < -0.3 is 14.4 Å². The molecule has 0 aliphatic rings. The van der Waals surface area contributed by atoms with Crippen molar-refractivity contribution in [2.45, 2.75) is 27.2 Å². The predicted octanol–water partition coefficient (Wildman–Crippen LogP) is 5.50. The molecule has 8 heteroatoms. The van der Waals surface area contributed by atoms with E-state index in [4.69, 9.17) is 26.3 Å². The summed E-state index contributed by atoms with van der Waals surface area (Å²) in [6, 6.07) is 14.2. The Hall–Kier alpha value is -3.89. The Morgan fingerprint density at radius 1 is 1.11 bits per heavy atom. The molecular formula is C27H26ClN3O4. The van der Waals surface area contributed by atoms with Gasteiger partial charge in [-0.1, -0.05) is 23.7 Å². The number of carbonyl (C=O) groups is 2. The maximum Gasteiger partial charge on any atom is 0.309 e. The molecule has 3 aromatic rings. The molecule has 0 fully saturated rings. The molecule has 0 saturated heterocycles. The molecule has 0 radical (unpaired) electrons. The van der Waals surface area contributed by atoms with Gasteiger partial charge in [0, 0.05) is 35.0 Å². The van der Waals surface area contributed by atoms with Crippen molar-refractivity contribution in [1.29, 1.82) is 5.26 Å². The van der Waals surface area contributed by atoms with Crippen molar-refractivity contribution in [3.63, 3.8) is 0 Å². The van der Waals surface area contributed by atoms with Gasteiger partial charge in [0.05, 0.1) is 25.3 Å². The summed E-state index contributed by atoms with van der Waals surface area (Å²) in [7, 11) is 1.66. The van der Waals surface area contributed by atoms with Crippen LogP contribution < -0.4 is 9.64 Å². The van der Waals surface area contributed by atoms with Crippen LogP contribution in [0, 0.1) is 25.2 Å². The Bertz CT molecular complexity index is 1300. The van der Waals surface area contributed by atoms with Gasteiger partial charge >= 0.3 is 5.97 Å². The highest BCUT2D eigenvalue weighted by molar-refractivity contribution is 6.33. The smallest absolute Gasteiger partial charge is 0.309 e. The van der Waals surface area contributed by atoms with E-state index in [1.54, 1.807) is 50.5 Å². The van der Waals surface area contributed by atoms with Crippen molar-refractivity contribution in [2.75, 3.05) is 25.2 Å². The number of esters is 1. The molecule has 1 amide bonds. The third-order valence-corrected chi connectivity index (χ3v) is 5.77. The monoisotopic (exact) mass is 491 g/mol. The Morgan fingerprint density at radius 3 is 2.57 bits per heavy atom. The van der Waals surface area contributed by atoms with Gasteiger partial charge in [0.15, 0.2) is 0 Å². The number of carbonyl (C=O) groups excluding carboxylic acids is 2. The zero-order valence-corrected chi connectivity index (χ0v) is 20.8. The van der Waals surface area contributed by atoms with E-state index in [-0.39, 0.29) is 24.9 Å². The molecule has 0 saturated carbocycles. The van der Waals surface area contributed by atoms with E-state index in [0.717, 1.165) is 16.7 Å². The summed E-state index contributed by atoms with van der Waals surface area (Å²) in [5, 5.41) is 9.56. The SMILES string of the molecule is CCOC(=O)CCOc1c(C)cccc1N(C)C(=O)c1ccc(Cl)c(-c2cnc(C#N)cc2C)c1. The third-order valence-electron chi connectivity index (χ3n) is 5.44. The van der Waals surface area contributed by atoms with Crippen molar-refractivity contribution >= 4 is 29.2 Å². The third kappa shape index (κ3) is 5.97. The van der Waals surface area contributed by atoms with Crippen LogP contribution in [0.4, 0.5) is 5.69 Å². The van der Waals surface area contributed by atoms with Gasteiger partial charge in [-0.3, -0.25) is 9.59 Å². The van der Waals surface area contributed by atoms with Gasteiger partial charge in [-0.2, -0.15) is 5.26 Å². The van der Waals surface area contributed by atoms with E-state index in [1.165, 1.54) is 4.90 Å². The second kappa shape index (κ2) is 11.5. The van der Waals surface area contributed by atoms with E-state index >= 15 is 0 Å².